The van der Waals surface area contributed by atoms with Gasteiger partial charge in [0.2, 0.25) is 5.91 Å². The summed E-state index contributed by atoms with van der Waals surface area (Å²) >= 11 is 0. The number of amides is 2. The quantitative estimate of drug-likeness (QED) is 0.115. The Hall–Kier alpha value is -4.86. The molecule has 0 bridgehead atoms. The summed E-state index contributed by atoms with van der Waals surface area (Å²) in [6, 6.07) is 20.4. The van der Waals surface area contributed by atoms with E-state index in [9.17, 15) is 24.5 Å². The van der Waals surface area contributed by atoms with Gasteiger partial charge in [-0.2, -0.15) is 5.10 Å². The van der Waals surface area contributed by atoms with Gasteiger partial charge in [-0.15, -0.1) is 0 Å². The summed E-state index contributed by atoms with van der Waals surface area (Å²) in [5.74, 6) is -0.923. The standard InChI is InChI=1S/C25H22N4O6/c30-23(10-5-15-26-24(31)19-7-2-1-3-8-19)28-27-17-18-6-4-9-22(16-18)35-25(32)20-11-13-21(14-12-20)29(33)34/h1-4,6-9,11-14,16-17H,5,10,15H2,(H,26,31)(H,28,30). The highest BCUT2D eigenvalue weighted by Crippen LogP contribution is 2.16. The second-order valence-corrected chi connectivity index (χ2v) is 7.28. The van der Waals surface area contributed by atoms with Gasteiger partial charge in [0.15, 0.2) is 0 Å². The first-order valence-electron chi connectivity index (χ1n) is 10.6. The highest BCUT2D eigenvalue weighted by molar-refractivity contribution is 5.94. The molecule has 0 aliphatic carbocycles. The summed E-state index contributed by atoms with van der Waals surface area (Å²) in [5, 5.41) is 17.4. The van der Waals surface area contributed by atoms with Crippen molar-refractivity contribution in [3.63, 3.8) is 0 Å². The van der Waals surface area contributed by atoms with Gasteiger partial charge in [-0.3, -0.25) is 19.7 Å². The number of hydrogen-bond acceptors (Lipinski definition) is 7. The highest BCUT2D eigenvalue weighted by Gasteiger charge is 2.12. The number of nitro benzene ring substituents is 1. The van der Waals surface area contributed by atoms with Crippen LogP contribution in [0.25, 0.3) is 0 Å². The number of ether oxygens (including phenoxy) is 1. The largest absolute Gasteiger partial charge is 0.423 e. The van der Waals surface area contributed by atoms with Gasteiger partial charge in [-0.25, -0.2) is 10.2 Å². The Morgan fingerprint density at radius 2 is 1.69 bits per heavy atom. The molecule has 0 saturated carbocycles. The third-order valence-electron chi connectivity index (χ3n) is 4.69. The molecular weight excluding hydrogens is 452 g/mol. The predicted octanol–water partition coefficient (Wildman–Crippen LogP) is 3.47. The highest BCUT2D eigenvalue weighted by atomic mass is 16.6. The van der Waals surface area contributed by atoms with Crippen LogP contribution in [0.3, 0.4) is 0 Å². The number of nitro groups is 1. The molecule has 3 rings (SSSR count). The molecule has 0 aliphatic rings. The van der Waals surface area contributed by atoms with Gasteiger partial charge in [-0.05, 0) is 48.4 Å². The number of hydrogen-bond donors (Lipinski definition) is 2. The zero-order valence-corrected chi connectivity index (χ0v) is 18.5. The predicted molar refractivity (Wildman–Crippen MR) is 128 cm³/mol. The Labute approximate surface area is 200 Å². The van der Waals surface area contributed by atoms with Crippen LogP contribution in [0.4, 0.5) is 5.69 Å². The van der Waals surface area contributed by atoms with Crippen molar-refractivity contribution in [1.82, 2.24) is 10.7 Å². The molecule has 10 heteroatoms. The van der Waals surface area contributed by atoms with Crippen molar-refractivity contribution in [2.45, 2.75) is 12.8 Å². The van der Waals surface area contributed by atoms with Crippen LogP contribution in [0.1, 0.15) is 39.1 Å². The van der Waals surface area contributed by atoms with Gasteiger partial charge in [0.05, 0.1) is 16.7 Å². The first-order valence-corrected chi connectivity index (χ1v) is 10.6. The monoisotopic (exact) mass is 474 g/mol. The zero-order chi connectivity index (χ0) is 25.0. The number of carbonyl (C=O) groups excluding carboxylic acids is 3. The van der Waals surface area contributed by atoms with E-state index in [4.69, 9.17) is 4.74 Å². The number of hydrazone groups is 1. The maximum absolute atomic E-state index is 12.2. The van der Waals surface area contributed by atoms with Crippen LogP contribution in [0.2, 0.25) is 0 Å². The van der Waals surface area contributed by atoms with Gasteiger partial charge in [0.25, 0.3) is 11.6 Å². The number of nitrogens with zero attached hydrogens (tertiary/aromatic N) is 2. The fraction of sp³-hybridized carbons (Fsp3) is 0.120. The summed E-state index contributed by atoms with van der Waals surface area (Å²) in [6.45, 7) is 0.354. The van der Waals surface area contributed by atoms with Crippen molar-refractivity contribution < 1.29 is 24.0 Å². The minimum absolute atomic E-state index is 0.126. The van der Waals surface area contributed by atoms with Gasteiger partial charge in [0.1, 0.15) is 5.75 Å². The van der Waals surface area contributed by atoms with Crippen LogP contribution in [0, 0.1) is 10.1 Å². The normalized spacial score (nSPS) is 10.5. The second-order valence-electron chi connectivity index (χ2n) is 7.28. The molecule has 0 fully saturated rings. The molecule has 0 spiro atoms. The lowest BCUT2D eigenvalue weighted by Crippen LogP contribution is -2.26. The van der Waals surface area contributed by atoms with Crippen molar-refractivity contribution in [2.24, 2.45) is 5.10 Å². The summed E-state index contributed by atoms with van der Waals surface area (Å²) in [5.41, 5.74) is 3.58. The molecule has 2 amide bonds. The fourth-order valence-electron chi connectivity index (χ4n) is 2.92. The minimum Gasteiger partial charge on any atom is -0.423 e. The molecule has 0 heterocycles. The minimum atomic E-state index is -0.665. The van der Waals surface area contributed by atoms with E-state index in [-0.39, 0.29) is 35.2 Å². The molecule has 0 atom stereocenters. The first-order chi connectivity index (χ1) is 16.9. The number of nitrogens with one attached hydrogen (secondary N) is 2. The van der Waals surface area contributed by atoms with Crippen LogP contribution in [0.15, 0.2) is 84.0 Å². The van der Waals surface area contributed by atoms with E-state index in [0.29, 0.717) is 24.1 Å². The molecule has 178 valence electrons. The number of benzene rings is 3. The smallest absolute Gasteiger partial charge is 0.343 e. The van der Waals surface area contributed by atoms with Gasteiger partial charge < -0.3 is 10.1 Å². The van der Waals surface area contributed by atoms with Crippen LogP contribution in [-0.4, -0.2) is 35.5 Å². The van der Waals surface area contributed by atoms with Crippen molar-refractivity contribution in [2.75, 3.05) is 6.54 Å². The average Bonchev–Trinajstić information content (AvgIpc) is 2.87. The SMILES string of the molecule is O=C(CCCNC(=O)c1ccccc1)NN=Cc1cccc(OC(=O)c2ccc([N+](=O)[O-])cc2)c1. The van der Waals surface area contributed by atoms with E-state index in [0.717, 1.165) is 0 Å². The Morgan fingerprint density at radius 3 is 2.40 bits per heavy atom. The number of esters is 1. The molecule has 3 aromatic rings. The van der Waals surface area contributed by atoms with E-state index in [2.05, 4.69) is 15.8 Å². The lowest BCUT2D eigenvalue weighted by Gasteiger charge is -2.05. The van der Waals surface area contributed by atoms with Crippen LogP contribution in [0.5, 0.6) is 5.75 Å². The van der Waals surface area contributed by atoms with Gasteiger partial charge >= 0.3 is 5.97 Å². The first kappa shape index (κ1) is 24.8. The molecule has 0 unspecified atom stereocenters. The van der Waals surface area contributed by atoms with Crippen molar-refractivity contribution in [1.29, 1.82) is 0 Å². The Balaban J connectivity index is 1.42. The van der Waals surface area contributed by atoms with Gasteiger partial charge in [-0.1, -0.05) is 30.3 Å². The Kier molecular flexibility index (Phi) is 8.78. The number of rotatable bonds is 10. The van der Waals surface area contributed by atoms with Gasteiger partial charge in [0, 0.05) is 30.7 Å². The fourth-order valence-corrected chi connectivity index (χ4v) is 2.92. The lowest BCUT2D eigenvalue weighted by molar-refractivity contribution is -0.384. The third-order valence-corrected chi connectivity index (χ3v) is 4.69. The molecule has 0 saturated heterocycles. The van der Waals surface area contributed by atoms with Crippen molar-refractivity contribution in [3.05, 3.63) is 106 Å². The summed E-state index contributed by atoms with van der Waals surface area (Å²) in [6.07, 6.45) is 2.03. The number of non-ortho nitro benzene ring substituents is 1. The average molecular weight is 474 g/mol. The van der Waals surface area contributed by atoms with E-state index in [1.54, 1.807) is 48.5 Å². The molecule has 0 aliphatic heterocycles. The van der Waals surface area contributed by atoms with Crippen molar-refractivity contribution in [3.8, 4) is 5.75 Å². The topological polar surface area (TPSA) is 140 Å². The maximum atomic E-state index is 12.2. The van der Waals surface area contributed by atoms with E-state index < -0.39 is 10.9 Å². The zero-order valence-electron chi connectivity index (χ0n) is 18.5. The molecule has 2 N–H and O–H groups in total. The molecular formula is C25H22N4O6. The molecule has 0 aromatic heterocycles. The van der Waals surface area contributed by atoms with Crippen LogP contribution < -0.4 is 15.5 Å². The van der Waals surface area contributed by atoms with E-state index in [1.807, 2.05) is 6.07 Å². The van der Waals surface area contributed by atoms with Crippen LogP contribution in [-0.2, 0) is 4.79 Å². The molecule has 10 nitrogen and oxygen atoms in total. The van der Waals surface area contributed by atoms with Crippen LogP contribution >= 0.6 is 0 Å². The molecule has 35 heavy (non-hydrogen) atoms. The maximum Gasteiger partial charge on any atom is 0.343 e. The molecule has 3 aromatic carbocycles. The third kappa shape index (κ3) is 7.90. The summed E-state index contributed by atoms with van der Waals surface area (Å²) in [7, 11) is 0. The summed E-state index contributed by atoms with van der Waals surface area (Å²) in [4.78, 5) is 46.3. The Morgan fingerprint density at radius 1 is 0.943 bits per heavy atom. The second kappa shape index (κ2) is 12.4. The van der Waals surface area contributed by atoms with E-state index >= 15 is 0 Å². The number of carbonyl (C=O) groups is 3. The lowest BCUT2D eigenvalue weighted by atomic mass is 10.2. The molecule has 0 radical (unpaired) electrons. The van der Waals surface area contributed by atoms with Crippen molar-refractivity contribution >= 4 is 29.7 Å². The van der Waals surface area contributed by atoms with E-state index in [1.165, 1.54) is 30.5 Å². The summed E-state index contributed by atoms with van der Waals surface area (Å²) < 4.78 is 5.29. The Bertz CT molecular complexity index is 1230.